The summed E-state index contributed by atoms with van der Waals surface area (Å²) in [5.74, 6) is 0. The summed E-state index contributed by atoms with van der Waals surface area (Å²) in [6, 6.07) is -1.71. The Bertz CT molecular complexity index is 104. The van der Waals surface area contributed by atoms with E-state index in [0.717, 1.165) is 11.8 Å². The number of thioether (sulfide) groups is 1. The van der Waals surface area contributed by atoms with E-state index in [2.05, 4.69) is 0 Å². The number of alkyl halides is 3. The van der Waals surface area contributed by atoms with Crippen LogP contribution >= 0.6 is 11.8 Å². The molecule has 0 radical (unpaired) electrons. The Hall–Kier alpha value is 0.100. The van der Waals surface area contributed by atoms with Crippen LogP contribution in [0.25, 0.3) is 0 Å². The largest absolute Gasteiger partial charge is 0.404 e. The highest BCUT2D eigenvalue weighted by molar-refractivity contribution is 7.99. The molecule has 10 heavy (non-hydrogen) atoms. The summed E-state index contributed by atoms with van der Waals surface area (Å²) < 4.78 is 35.2. The summed E-state index contributed by atoms with van der Waals surface area (Å²) in [6.45, 7) is 1.46. The topological polar surface area (TPSA) is 26.0 Å². The van der Waals surface area contributed by atoms with Crippen molar-refractivity contribution in [1.82, 2.24) is 0 Å². The molecule has 0 amide bonds. The van der Waals surface area contributed by atoms with E-state index in [9.17, 15) is 13.2 Å². The predicted octanol–water partition coefficient (Wildman–Crippen LogP) is 1.63. The standard InChI is InChI=1S/C5H10F3NS/c1-3(10-2)4(9)5(6,7)8/h3-4H,9H2,1-2H3. The SMILES string of the molecule is CSC(C)C(N)C(F)(F)F. The summed E-state index contributed by atoms with van der Waals surface area (Å²) in [5.41, 5.74) is 4.86. The summed E-state index contributed by atoms with van der Waals surface area (Å²) in [7, 11) is 0. The molecule has 0 heterocycles. The van der Waals surface area contributed by atoms with Gasteiger partial charge in [0.05, 0.1) is 0 Å². The van der Waals surface area contributed by atoms with E-state index in [0.29, 0.717) is 0 Å². The molecule has 1 nitrogen and oxygen atoms in total. The van der Waals surface area contributed by atoms with Crippen LogP contribution in [0, 0.1) is 0 Å². The Kier molecular flexibility index (Phi) is 3.51. The molecule has 0 aliphatic rings. The van der Waals surface area contributed by atoms with Crippen molar-refractivity contribution in [2.75, 3.05) is 6.26 Å². The van der Waals surface area contributed by atoms with E-state index in [4.69, 9.17) is 5.73 Å². The van der Waals surface area contributed by atoms with Crippen LogP contribution in [-0.2, 0) is 0 Å². The van der Waals surface area contributed by atoms with Crippen LogP contribution in [0.15, 0.2) is 0 Å². The van der Waals surface area contributed by atoms with Crippen LogP contribution in [0.5, 0.6) is 0 Å². The first-order chi connectivity index (χ1) is 4.39. The van der Waals surface area contributed by atoms with Crippen LogP contribution < -0.4 is 5.73 Å². The minimum Gasteiger partial charge on any atom is -0.319 e. The fourth-order valence-electron chi connectivity index (χ4n) is 0.413. The van der Waals surface area contributed by atoms with Crippen molar-refractivity contribution in [3.05, 3.63) is 0 Å². The fourth-order valence-corrected chi connectivity index (χ4v) is 0.860. The highest BCUT2D eigenvalue weighted by Gasteiger charge is 2.39. The lowest BCUT2D eigenvalue weighted by Gasteiger charge is -2.20. The molecule has 0 fully saturated rings. The van der Waals surface area contributed by atoms with E-state index >= 15 is 0 Å². The molecular weight excluding hydrogens is 163 g/mol. The number of hydrogen-bond acceptors (Lipinski definition) is 2. The average molecular weight is 173 g/mol. The monoisotopic (exact) mass is 173 g/mol. The predicted molar refractivity (Wildman–Crippen MR) is 37.0 cm³/mol. The maximum absolute atomic E-state index is 11.7. The second-order valence-electron chi connectivity index (χ2n) is 2.01. The first-order valence-electron chi connectivity index (χ1n) is 2.74. The van der Waals surface area contributed by atoms with Gasteiger partial charge in [-0.3, -0.25) is 0 Å². The third-order valence-electron chi connectivity index (χ3n) is 1.26. The zero-order chi connectivity index (χ0) is 8.36. The van der Waals surface area contributed by atoms with Crippen LogP contribution in [0.4, 0.5) is 13.2 Å². The first-order valence-corrected chi connectivity index (χ1v) is 4.03. The van der Waals surface area contributed by atoms with E-state index < -0.39 is 17.5 Å². The van der Waals surface area contributed by atoms with Crippen molar-refractivity contribution in [3.8, 4) is 0 Å². The van der Waals surface area contributed by atoms with Gasteiger partial charge in [0.2, 0.25) is 0 Å². The van der Waals surface area contributed by atoms with Crippen LogP contribution in [0.1, 0.15) is 6.92 Å². The lowest BCUT2D eigenvalue weighted by molar-refractivity contribution is -0.146. The zero-order valence-electron chi connectivity index (χ0n) is 5.77. The van der Waals surface area contributed by atoms with E-state index in [1.165, 1.54) is 6.92 Å². The summed E-state index contributed by atoms with van der Waals surface area (Å²) in [4.78, 5) is 0. The lowest BCUT2D eigenvalue weighted by Crippen LogP contribution is -2.44. The Labute approximate surface area is 62.2 Å². The molecule has 2 unspecified atom stereocenters. The van der Waals surface area contributed by atoms with Gasteiger partial charge in [-0.05, 0) is 6.26 Å². The summed E-state index contributed by atoms with van der Waals surface area (Å²) >= 11 is 1.11. The first kappa shape index (κ1) is 10.1. The van der Waals surface area contributed by atoms with Gasteiger partial charge in [-0.1, -0.05) is 6.92 Å². The minimum atomic E-state index is -4.26. The molecule has 0 saturated carbocycles. The maximum atomic E-state index is 11.7. The van der Waals surface area contributed by atoms with Crippen molar-refractivity contribution in [2.24, 2.45) is 5.73 Å². The smallest absolute Gasteiger partial charge is 0.319 e. The fraction of sp³-hybridized carbons (Fsp3) is 1.00. The second-order valence-corrected chi connectivity index (χ2v) is 3.22. The Morgan fingerprint density at radius 3 is 1.90 bits per heavy atom. The lowest BCUT2D eigenvalue weighted by atomic mass is 10.2. The molecule has 0 bridgehead atoms. The van der Waals surface area contributed by atoms with E-state index in [-0.39, 0.29) is 0 Å². The Morgan fingerprint density at radius 1 is 1.40 bits per heavy atom. The van der Waals surface area contributed by atoms with Crippen molar-refractivity contribution in [3.63, 3.8) is 0 Å². The minimum absolute atomic E-state index is 0.569. The third kappa shape index (κ3) is 2.79. The number of halogens is 3. The van der Waals surface area contributed by atoms with E-state index in [1.54, 1.807) is 6.26 Å². The molecule has 0 aromatic carbocycles. The second kappa shape index (κ2) is 3.48. The molecule has 0 aliphatic carbocycles. The molecule has 2 N–H and O–H groups in total. The van der Waals surface area contributed by atoms with Gasteiger partial charge in [0.1, 0.15) is 6.04 Å². The number of rotatable bonds is 2. The van der Waals surface area contributed by atoms with Gasteiger partial charge in [0.25, 0.3) is 0 Å². The maximum Gasteiger partial charge on any atom is 0.404 e. The van der Waals surface area contributed by atoms with Crippen LogP contribution in [0.3, 0.4) is 0 Å². The highest BCUT2D eigenvalue weighted by atomic mass is 32.2. The van der Waals surface area contributed by atoms with Crippen molar-refractivity contribution < 1.29 is 13.2 Å². The molecule has 0 aliphatic heterocycles. The van der Waals surface area contributed by atoms with Gasteiger partial charge in [0, 0.05) is 5.25 Å². The molecule has 2 atom stereocenters. The molecule has 0 spiro atoms. The van der Waals surface area contributed by atoms with Gasteiger partial charge in [-0.2, -0.15) is 24.9 Å². The molecule has 0 aromatic rings. The molecule has 0 saturated heterocycles. The van der Waals surface area contributed by atoms with E-state index in [1.807, 2.05) is 0 Å². The molecule has 5 heteroatoms. The molecule has 0 rings (SSSR count). The third-order valence-corrected chi connectivity index (χ3v) is 2.29. The summed E-state index contributed by atoms with van der Waals surface area (Å²) in [6.07, 6.45) is -2.65. The molecule has 62 valence electrons. The molecular formula is C5H10F3NS. The summed E-state index contributed by atoms with van der Waals surface area (Å²) in [5, 5.41) is -0.569. The van der Waals surface area contributed by atoms with Gasteiger partial charge in [-0.15, -0.1) is 0 Å². The normalized spacial score (nSPS) is 18.6. The van der Waals surface area contributed by atoms with Crippen molar-refractivity contribution in [2.45, 2.75) is 24.4 Å². The van der Waals surface area contributed by atoms with Gasteiger partial charge in [0.15, 0.2) is 0 Å². The van der Waals surface area contributed by atoms with Crippen molar-refractivity contribution >= 4 is 11.8 Å². The number of nitrogens with two attached hydrogens (primary N) is 1. The quantitative estimate of drug-likeness (QED) is 0.686. The van der Waals surface area contributed by atoms with Crippen LogP contribution in [0.2, 0.25) is 0 Å². The van der Waals surface area contributed by atoms with Gasteiger partial charge in [-0.25, -0.2) is 0 Å². The van der Waals surface area contributed by atoms with Gasteiger partial charge < -0.3 is 5.73 Å². The number of hydrogen-bond donors (Lipinski definition) is 1. The molecule has 0 aromatic heterocycles. The Morgan fingerprint density at radius 2 is 1.80 bits per heavy atom. The zero-order valence-corrected chi connectivity index (χ0v) is 6.59. The highest BCUT2D eigenvalue weighted by Crippen LogP contribution is 2.25. The van der Waals surface area contributed by atoms with Crippen LogP contribution in [-0.4, -0.2) is 23.7 Å². The average Bonchev–Trinajstić information content (AvgIpc) is 1.83. The van der Waals surface area contributed by atoms with Gasteiger partial charge >= 0.3 is 6.18 Å². The van der Waals surface area contributed by atoms with Crippen molar-refractivity contribution in [1.29, 1.82) is 0 Å². The Balaban J connectivity index is 3.94.